The maximum Gasteiger partial charge on any atom is 0.228 e. The molecule has 2 N–H and O–H groups in total. The molecule has 2 rings (SSSR count). The average Bonchev–Trinajstić information content (AvgIpc) is 2.58. The summed E-state index contributed by atoms with van der Waals surface area (Å²) in [6.45, 7) is 4.27. The highest BCUT2D eigenvalue weighted by Gasteiger charge is 2.14. The van der Waals surface area contributed by atoms with Gasteiger partial charge in [-0.1, -0.05) is 13.0 Å². The summed E-state index contributed by atoms with van der Waals surface area (Å²) in [6, 6.07) is 9.71. The molecule has 0 aromatic heterocycles. The molecule has 0 aliphatic heterocycles. The van der Waals surface area contributed by atoms with Crippen molar-refractivity contribution in [2.45, 2.75) is 13.8 Å². The minimum absolute atomic E-state index is 0. The largest absolute Gasteiger partial charge is 0.493 e. The van der Waals surface area contributed by atoms with E-state index in [1.807, 2.05) is 19.1 Å². The zero-order chi connectivity index (χ0) is 18.4. The molecule has 26 heavy (non-hydrogen) atoms. The normalized spacial score (nSPS) is 11.3. The number of methoxy groups -OCH3 is 1. The SMILES string of the molecule is CNCC(C)C(=O)Nc1ccc(Oc2ccc(C)cc2OC)c(F)c1.Cl. The maximum atomic E-state index is 14.3. The van der Waals surface area contributed by atoms with E-state index in [1.165, 1.54) is 19.2 Å². The van der Waals surface area contributed by atoms with Crippen LogP contribution in [0.1, 0.15) is 12.5 Å². The van der Waals surface area contributed by atoms with Crippen LogP contribution in [0.15, 0.2) is 36.4 Å². The van der Waals surface area contributed by atoms with E-state index in [4.69, 9.17) is 9.47 Å². The number of hydrogen-bond acceptors (Lipinski definition) is 4. The molecule has 5 nitrogen and oxygen atoms in total. The van der Waals surface area contributed by atoms with Gasteiger partial charge in [0.2, 0.25) is 5.91 Å². The van der Waals surface area contributed by atoms with Crippen LogP contribution in [-0.4, -0.2) is 26.6 Å². The third-order valence-corrected chi connectivity index (χ3v) is 3.70. The molecule has 142 valence electrons. The van der Waals surface area contributed by atoms with Crippen molar-refractivity contribution in [2.24, 2.45) is 5.92 Å². The number of aryl methyl sites for hydroxylation is 1. The Morgan fingerprint density at radius 3 is 2.46 bits per heavy atom. The molecule has 1 unspecified atom stereocenters. The van der Waals surface area contributed by atoms with Gasteiger partial charge in [0, 0.05) is 24.2 Å². The van der Waals surface area contributed by atoms with E-state index in [2.05, 4.69) is 10.6 Å². The maximum absolute atomic E-state index is 14.3. The number of halogens is 2. The highest BCUT2D eigenvalue weighted by Crippen LogP contribution is 2.34. The third-order valence-electron chi connectivity index (χ3n) is 3.70. The number of nitrogens with one attached hydrogen (secondary N) is 2. The number of benzene rings is 2. The van der Waals surface area contributed by atoms with E-state index in [0.29, 0.717) is 23.7 Å². The first kappa shape index (κ1) is 21.7. The lowest BCUT2D eigenvalue weighted by molar-refractivity contribution is -0.119. The van der Waals surface area contributed by atoms with Crippen molar-refractivity contribution >= 4 is 24.0 Å². The molecular formula is C19H24ClFN2O3. The minimum Gasteiger partial charge on any atom is -0.493 e. The number of carbonyl (C=O) groups excluding carboxylic acids is 1. The monoisotopic (exact) mass is 382 g/mol. The highest BCUT2D eigenvalue weighted by atomic mass is 35.5. The minimum atomic E-state index is -0.568. The molecule has 0 aliphatic rings. The van der Waals surface area contributed by atoms with Crippen LogP contribution in [0.5, 0.6) is 17.2 Å². The van der Waals surface area contributed by atoms with Gasteiger partial charge in [-0.2, -0.15) is 0 Å². The van der Waals surface area contributed by atoms with Gasteiger partial charge in [0.05, 0.1) is 7.11 Å². The molecule has 7 heteroatoms. The van der Waals surface area contributed by atoms with Crippen molar-refractivity contribution in [1.29, 1.82) is 0 Å². The second-order valence-electron chi connectivity index (χ2n) is 5.85. The Morgan fingerprint density at radius 1 is 1.15 bits per heavy atom. The van der Waals surface area contributed by atoms with E-state index < -0.39 is 5.82 Å². The van der Waals surface area contributed by atoms with Crippen molar-refractivity contribution in [3.8, 4) is 17.2 Å². The Bertz CT molecular complexity index is 756. The third kappa shape index (κ3) is 5.61. The standard InChI is InChI=1S/C19H23FN2O3.ClH/c1-12-5-7-17(18(9-12)24-4)25-16-8-6-14(10-15(16)20)22-19(23)13(2)11-21-3;/h5-10,13,21H,11H2,1-4H3,(H,22,23);1H. The number of anilines is 1. The Morgan fingerprint density at radius 2 is 1.85 bits per heavy atom. The zero-order valence-electron chi connectivity index (χ0n) is 15.3. The van der Waals surface area contributed by atoms with Crippen LogP contribution in [0.25, 0.3) is 0 Å². The average molecular weight is 383 g/mol. The molecule has 0 radical (unpaired) electrons. The van der Waals surface area contributed by atoms with Gasteiger partial charge in [-0.15, -0.1) is 12.4 Å². The van der Waals surface area contributed by atoms with Gasteiger partial charge in [-0.05, 0) is 43.8 Å². The van der Waals surface area contributed by atoms with Gasteiger partial charge < -0.3 is 20.1 Å². The van der Waals surface area contributed by atoms with Crippen LogP contribution < -0.4 is 20.1 Å². The molecule has 0 aliphatic carbocycles. The zero-order valence-corrected chi connectivity index (χ0v) is 16.1. The second kappa shape index (κ2) is 9.99. The topological polar surface area (TPSA) is 59.6 Å². The number of amides is 1. The Labute approximate surface area is 159 Å². The van der Waals surface area contributed by atoms with E-state index >= 15 is 0 Å². The van der Waals surface area contributed by atoms with Gasteiger partial charge in [0.25, 0.3) is 0 Å². The van der Waals surface area contributed by atoms with Crippen molar-refractivity contribution in [3.63, 3.8) is 0 Å². The summed E-state index contributed by atoms with van der Waals surface area (Å²) >= 11 is 0. The predicted molar refractivity (Wildman–Crippen MR) is 103 cm³/mol. The fraction of sp³-hybridized carbons (Fsp3) is 0.316. The molecule has 0 heterocycles. The van der Waals surface area contributed by atoms with Crippen LogP contribution in [0, 0.1) is 18.7 Å². The van der Waals surface area contributed by atoms with Crippen molar-refractivity contribution in [3.05, 3.63) is 47.8 Å². The summed E-state index contributed by atoms with van der Waals surface area (Å²) in [4.78, 5) is 12.0. The van der Waals surface area contributed by atoms with Crippen LogP contribution in [-0.2, 0) is 4.79 Å². The first-order chi connectivity index (χ1) is 11.9. The summed E-state index contributed by atoms with van der Waals surface area (Å²) in [6.07, 6.45) is 0. The molecule has 0 spiro atoms. The summed E-state index contributed by atoms with van der Waals surface area (Å²) in [5, 5.41) is 5.62. The first-order valence-electron chi connectivity index (χ1n) is 8.02. The van der Waals surface area contributed by atoms with E-state index in [-0.39, 0.29) is 30.0 Å². The summed E-state index contributed by atoms with van der Waals surface area (Å²) in [7, 11) is 3.30. The lowest BCUT2D eigenvalue weighted by Gasteiger charge is -2.14. The lowest BCUT2D eigenvalue weighted by atomic mass is 10.1. The van der Waals surface area contributed by atoms with Crippen LogP contribution in [0.3, 0.4) is 0 Å². The number of hydrogen-bond donors (Lipinski definition) is 2. The van der Waals surface area contributed by atoms with E-state index in [1.54, 1.807) is 26.1 Å². The smallest absolute Gasteiger partial charge is 0.228 e. The van der Waals surface area contributed by atoms with E-state index in [0.717, 1.165) is 5.56 Å². The van der Waals surface area contributed by atoms with Crippen LogP contribution in [0.4, 0.5) is 10.1 Å². The lowest BCUT2D eigenvalue weighted by Crippen LogP contribution is -2.28. The fourth-order valence-corrected chi connectivity index (χ4v) is 2.30. The van der Waals surface area contributed by atoms with Crippen LogP contribution in [0.2, 0.25) is 0 Å². The summed E-state index contributed by atoms with van der Waals surface area (Å²) in [5.41, 5.74) is 1.40. The number of rotatable bonds is 7. The molecule has 2 aromatic carbocycles. The van der Waals surface area contributed by atoms with Gasteiger partial charge >= 0.3 is 0 Å². The molecule has 2 aromatic rings. The second-order valence-corrected chi connectivity index (χ2v) is 5.85. The number of carbonyl (C=O) groups is 1. The van der Waals surface area contributed by atoms with Gasteiger partial charge in [-0.3, -0.25) is 4.79 Å². The molecular weight excluding hydrogens is 359 g/mol. The summed E-state index contributed by atoms with van der Waals surface area (Å²) < 4.78 is 25.2. The van der Waals surface area contributed by atoms with E-state index in [9.17, 15) is 9.18 Å². The predicted octanol–water partition coefficient (Wildman–Crippen LogP) is 4.15. The Balaban J connectivity index is 0.00000338. The molecule has 1 atom stereocenters. The Kier molecular flexibility index (Phi) is 8.35. The first-order valence-corrected chi connectivity index (χ1v) is 8.02. The van der Waals surface area contributed by atoms with Gasteiger partial charge in [0.1, 0.15) is 0 Å². The van der Waals surface area contributed by atoms with Crippen molar-refractivity contribution in [1.82, 2.24) is 5.32 Å². The molecule has 1 amide bonds. The summed E-state index contributed by atoms with van der Waals surface area (Å²) in [5.74, 6) is 0.0395. The van der Waals surface area contributed by atoms with Crippen molar-refractivity contribution in [2.75, 3.05) is 26.0 Å². The Hall–Kier alpha value is -2.31. The molecule has 0 bridgehead atoms. The van der Waals surface area contributed by atoms with Crippen LogP contribution >= 0.6 is 12.4 Å². The van der Waals surface area contributed by atoms with Gasteiger partial charge in [-0.25, -0.2) is 4.39 Å². The molecule has 0 saturated carbocycles. The molecule has 0 saturated heterocycles. The molecule has 0 fully saturated rings. The van der Waals surface area contributed by atoms with Gasteiger partial charge in [0.15, 0.2) is 23.1 Å². The van der Waals surface area contributed by atoms with Crippen molar-refractivity contribution < 1.29 is 18.7 Å². The highest BCUT2D eigenvalue weighted by molar-refractivity contribution is 5.92. The fourth-order valence-electron chi connectivity index (χ4n) is 2.30. The number of ether oxygens (including phenoxy) is 2. The quantitative estimate of drug-likeness (QED) is 0.755.